The number of piperazine rings is 1. The van der Waals surface area contributed by atoms with Crippen molar-refractivity contribution in [3.05, 3.63) is 0 Å². The summed E-state index contributed by atoms with van der Waals surface area (Å²) in [6.45, 7) is 17.0. The third kappa shape index (κ3) is 6.79. The van der Waals surface area contributed by atoms with Gasteiger partial charge in [-0.3, -0.25) is 9.69 Å². The third-order valence-electron chi connectivity index (χ3n) is 5.57. The van der Waals surface area contributed by atoms with Gasteiger partial charge >= 0.3 is 0 Å². The summed E-state index contributed by atoms with van der Waals surface area (Å²) >= 11 is 0. The zero-order valence-electron chi connectivity index (χ0n) is 16.0. The van der Waals surface area contributed by atoms with E-state index in [9.17, 15) is 4.79 Å². The molecule has 0 saturated carbocycles. The molecule has 0 atom stereocenters. The summed E-state index contributed by atoms with van der Waals surface area (Å²) in [6, 6.07) is 0.685. The summed E-state index contributed by atoms with van der Waals surface area (Å²) in [5.41, 5.74) is 0. The van der Waals surface area contributed by atoms with Crippen molar-refractivity contribution >= 4 is 5.78 Å². The molecule has 0 N–H and O–H groups in total. The maximum atomic E-state index is 11.2. The zero-order chi connectivity index (χ0) is 17.4. The molecule has 2 heterocycles. The van der Waals surface area contributed by atoms with Gasteiger partial charge in [-0.1, -0.05) is 6.92 Å². The number of hydrogen-bond acceptors (Lipinski definition) is 5. The summed E-state index contributed by atoms with van der Waals surface area (Å²) in [4.78, 5) is 18.9. The SMILES string of the molecule is CCC(=O)COCCN1CCC(CN2CCN(C(C)C)CC2)CC1. The van der Waals surface area contributed by atoms with Gasteiger partial charge in [0.05, 0.1) is 6.61 Å². The first kappa shape index (κ1) is 19.8. The summed E-state index contributed by atoms with van der Waals surface area (Å²) in [6.07, 6.45) is 3.19. The van der Waals surface area contributed by atoms with Crippen LogP contribution in [0.25, 0.3) is 0 Å². The van der Waals surface area contributed by atoms with Crippen molar-refractivity contribution in [2.45, 2.75) is 46.1 Å². The molecule has 2 rings (SSSR count). The highest BCUT2D eigenvalue weighted by atomic mass is 16.5. The van der Waals surface area contributed by atoms with Crippen LogP contribution < -0.4 is 0 Å². The van der Waals surface area contributed by atoms with Gasteiger partial charge in [0.1, 0.15) is 6.61 Å². The Morgan fingerprint density at radius 2 is 1.71 bits per heavy atom. The minimum Gasteiger partial charge on any atom is -0.372 e. The average Bonchev–Trinajstić information content (AvgIpc) is 2.60. The van der Waals surface area contributed by atoms with Crippen molar-refractivity contribution in [2.24, 2.45) is 5.92 Å². The molecule has 2 saturated heterocycles. The number of Topliss-reactive ketones (excluding diaryl/α,β-unsaturated/α-hetero) is 1. The molecule has 0 aromatic carbocycles. The Morgan fingerprint density at radius 1 is 1.04 bits per heavy atom. The van der Waals surface area contributed by atoms with Gasteiger partial charge in [-0.2, -0.15) is 0 Å². The molecule has 24 heavy (non-hydrogen) atoms. The number of carbonyl (C=O) groups excluding carboxylic acids is 1. The van der Waals surface area contributed by atoms with Crippen LogP contribution in [0, 0.1) is 5.92 Å². The van der Waals surface area contributed by atoms with Gasteiger partial charge in [0.2, 0.25) is 0 Å². The normalized spacial score (nSPS) is 22.3. The lowest BCUT2D eigenvalue weighted by Crippen LogP contribution is -2.50. The van der Waals surface area contributed by atoms with Crippen LogP contribution in [-0.4, -0.2) is 92.1 Å². The molecule has 140 valence electrons. The minimum absolute atomic E-state index is 0.200. The van der Waals surface area contributed by atoms with Crippen LogP contribution in [0.2, 0.25) is 0 Å². The number of ketones is 1. The number of ether oxygens (including phenoxy) is 1. The maximum absolute atomic E-state index is 11.2. The first-order chi connectivity index (χ1) is 11.6. The fraction of sp³-hybridized carbons (Fsp3) is 0.947. The summed E-state index contributed by atoms with van der Waals surface area (Å²) < 4.78 is 5.46. The van der Waals surface area contributed by atoms with Crippen molar-refractivity contribution in [1.82, 2.24) is 14.7 Å². The Morgan fingerprint density at radius 3 is 2.29 bits per heavy atom. The van der Waals surface area contributed by atoms with Crippen LogP contribution in [0.1, 0.15) is 40.0 Å². The first-order valence-corrected chi connectivity index (χ1v) is 9.86. The highest BCUT2D eigenvalue weighted by molar-refractivity contribution is 5.79. The number of piperidine rings is 1. The molecule has 2 aliphatic heterocycles. The van der Waals surface area contributed by atoms with Gasteiger partial charge in [-0.05, 0) is 45.7 Å². The monoisotopic (exact) mass is 339 g/mol. The van der Waals surface area contributed by atoms with Crippen LogP contribution >= 0.6 is 0 Å². The topological polar surface area (TPSA) is 36.0 Å². The molecule has 0 radical (unpaired) electrons. The van der Waals surface area contributed by atoms with Crippen molar-refractivity contribution in [3.8, 4) is 0 Å². The summed E-state index contributed by atoms with van der Waals surface area (Å²) in [5.74, 6) is 1.06. The average molecular weight is 340 g/mol. The molecule has 2 aliphatic rings. The number of rotatable bonds is 9. The van der Waals surface area contributed by atoms with E-state index in [-0.39, 0.29) is 12.4 Å². The Labute approximate surface area is 148 Å². The predicted octanol–water partition coefficient (Wildman–Crippen LogP) is 1.72. The molecule has 0 bridgehead atoms. The van der Waals surface area contributed by atoms with Gasteiger partial charge < -0.3 is 14.5 Å². The van der Waals surface area contributed by atoms with Crippen molar-refractivity contribution in [2.75, 3.05) is 65.6 Å². The molecule has 0 aromatic rings. The van der Waals surface area contributed by atoms with E-state index in [0.29, 0.717) is 19.1 Å². The van der Waals surface area contributed by atoms with Crippen LogP contribution in [-0.2, 0) is 9.53 Å². The lowest BCUT2D eigenvalue weighted by molar-refractivity contribution is -0.123. The highest BCUT2D eigenvalue weighted by Gasteiger charge is 2.24. The Bertz CT molecular complexity index is 360. The maximum Gasteiger partial charge on any atom is 0.158 e. The van der Waals surface area contributed by atoms with Crippen LogP contribution in [0.3, 0.4) is 0 Å². The largest absolute Gasteiger partial charge is 0.372 e. The molecular formula is C19H37N3O2. The van der Waals surface area contributed by atoms with E-state index in [2.05, 4.69) is 28.5 Å². The van der Waals surface area contributed by atoms with E-state index in [1.54, 1.807) is 0 Å². The number of hydrogen-bond donors (Lipinski definition) is 0. The Kier molecular flexibility index (Phi) is 8.67. The number of nitrogens with zero attached hydrogens (tertiary/aromatic N) is 3. The van der Waals surface area contributed by atoms with Gasteiger partial charge in [0.15, 0.2) is 5.78 Å². The van der Waals surface area contributed by atoms with E-state index in [4.69, 9.17) is 4.74 Å². The molecule has 5 nitrogen and oxygen atoms in total. The first-order valence-electron chi connectivity index (χ1n) is 9.86. The second kappa shape index (κ2) is 10.5. The second-order valence-corrected chi connectivity index (χ2v) is 7.66. The van der Waals surface area contributed by atoms with Crippen molar-refractivity contribution in [3.63, 3.8) is 0 Å². The van der Waals surface area contributed by atoms with Crippen molar-refractivity contribution < 1.29 is 9.53 Å². The molecule has 0 aliphatic carbocycles. The van der Waals surface area contributed by atoms with Gasteiger partial charge in [0.25, 0.3) is 0 Å². The fourth-order valence-corrected chi connectivity index (χ4v) is 3.70. The van der Waals surface area contributed by atoms with E-state index in [1.807, 2.05) is 6.92 Å². The highest BCUT2D eigenvalue weighted by Crippen LogP contribution is 2.19. The summed E-state index contributed by atoms with van der Waals surface area (Å²) in [5, 5.41) is 0. The predicted molar refractivity (Wildman–Crippen MR) is 98.4 cm³/mol. The molecular weight excluding hydrogens is 302 g/mol. The quantitative estimate of drug-likeness (QED) is 0.598. The smallest absolute Gasteiger partial charge is 0.158 e. The van der Waals surface area contributed by atoms with E-state index >= 15 is 0 Å². The van der Waals surface area contributed by atoms with Crippen LogP contribution in [0.5, 0.6) is 0 Å². The van der Waals surface area contributed by atoms with Gasteiger partial charge in [-0.15, -0.1) is 0 Å². The molecule has 0 spiro atoms. The molecule has 5 heteroatoms. The van der Waals surface area contributed by atoms with Crippen LogP contribution in [0.4, 0.5) is 0 Å². The fourth-order valence-electron chi connectivity index (χ4n) is 3.70. The van der Waals surface area contributed by atoms with Gasteiger partial charge in [-0.25, -0.2) is 0 Å². The second-order valence-electron chi connectivity index (χ2n) is 7.66. The summed E-state index contributed by atoms with van der Waals surface area (Å²) in [7, 11) is 0. The van der Waals surface area contributed by atoms with Crippen molar-refractivity contribution in [1.29, 1.82) is 0 Å². The van der Waals surface area contributed by atoms with E-state index in [0.717, 1.165) is 12.5 Å². The molecule has 0 unspecified atom stereocenters. The Hall–Kier alpha value is -0.490. The van der Waals surface area contributed by atoms with E-state index < -0.39 is 0 Å². The standard InChI is InChI=1S/C19H37N3O2/c1-4-19(23)16-24-14-13-20-7-5-18(6-8-20)15-21-9-11-22(12-10-21)17(2)3/h17-18H,4-16H2,1-3H3. The lowest BCUT2D eigenvalue weighted by Gasteiger charge is -2.40. The number of likely N-dealkylation sites (tertiary alicyclic amines) is 1. The third-order valence-corrected chi connectivity index (χ3v) is 5.57. The van der Waals surface area contributed by atoms with Crippen LogP contribution in [0.15, 0.2) is 0 Å². The molecule has 2 fully saturated rings. The Balaban J connectivity index is 1.54. The molecule has 0 aromatic heterocycles. The number of carbonyl (C=O) groups is 1. The zero-order valence-corrected chi connectivity index (χ0v) is 16.0. The van der Waals surface area contributed by atoms with E-state index in [1.165, 1.54) is 58.7 Å². The van der Waals surface area contributed by atoms with Gasteiger partial charge in [0, 0.05) is 51.7 Å². The molecule has 0 amide bonds. The minimum atomic E-state index is 0.200. The lowest BCUT2D eigenvalue weighted by atomic mass is 9.96.